The molecule has 2 aliphatic rings. The highest BCUT2D eigenvalue weighted by molar-refractivity contribution is 7.93. The first kappa shape index (κ1) is 21.2. The fraction of sp³-hybridized carbons (Fsp3) is 0.636. The summed E-state index contributed by atoms with van der Waals surface area (Å²) in [6.45, 7) is 8.93. The normalized spacial score (nSPS) is 17.7. The summed E-state index contributed by atoms with van der Waals surface area (Å²) in [7, 11) is -3.42. The molecule has 0 atom stereocenters. The predicted molar refractivity (Wildman–Crippen MR) is 118 cm³/mol. The zero-order valence-electron chi connectivity index (χ0n) is 17.9. The number of aromatic nitrogens is 3. The molecule has 2 aromatic rings. The summed E-state index contributed by atoms with van der Waals surface area (Å²) < 4.78 is 35.8. The smallest absolute Gasteiger partial charge is 0.242 e. The predicted octanol–water partition coefficient (Wildman–Crippen LogP) is 4.66. The molecule has 2 aliphatic carbocycles. The molecule has 1 N–H and O–H groups in total. The van der Waals surface area contributed by atoms with Crippen molar-refractivity contribution in [2.24, 2.45) is 5.41 Å². The van der Waals surface area contributed by atoms with Gasteiger partial charge in [-0.3, -0.25) is 9.12 Å². The number of hydrogen-bond donors (Lipinski definition) is 1. The second kappa shape index (κ2) is 8.21. The zero-order valence-corrected chi connectivity index (χ0v) is 18.7. The van der Waals surface area contributed by atoms with E-state index >= 15 is 0 Å². The molecule has 0 aliphatic heterocycles. The van der Waals surface area contributed by atoms with Crippen molar-refractivity contribution in [3.63, 3.8) is 0 Å². The highest BCUT2D eigenvalue weighted by Crippen LogP contribution is 2.45. The van der Waals surface area contributed by atoms with Crippen molar-refractivity contribution in [3.8, 4) is 5.75 Å². The van der Waals surface area contributed by atoms with Gasteiger partial charge < -0.3 is 4.74 Å². The van der Waals surface area contributed by atoms with E-state index in [1.165, 1.54) is 0 Å². The summed E-state index contributed by atoms with van der Waals surface area (Å²) in [5, 5.41) is 7.98. The Morgan fingerprint density at radius 1 is 1.27 bits per heavy atom. The van der Waals surface area contributed by atoms with Gasteiger partial charge in [-0.1, -0.05) is 26.3 Å². The standard InChI is InChI=1S/C22H32N4O3S/c1-4-12-22(5-2,6-3)15-29-19-13-20-23-24-21(25-30(27,28)17-8-7-9-17)26(20)14-18(19)16-10-11-16/h4,13-14,16-17H,1,5-12,15H2,2-3H3,(H,24,25). The maximum absolute atomic E-state index is 12.5. The Kier molecular flexibility index (Phi) is 5.79. The SMILES string of the molecule is C=CCC(CC)(CC)COc1cc2nnc(NS(=O)(=O)C3CCC3)n2cc1C1CC1. The number of ether oxygens (including phenoxy) is 1. The highest BCUT2D eigenvalue weighted by Gasteiger charge is 2.33. The van der Waals surface area contributed by atoms with Crippen LogP contribution in [-0.2, 0) is 10.0 Å². The summed E-state index contributed by atoms with van der Waals surface area (Å²) in [6, 6.07) is 1.89. The highest BCUT2D eigenvalue weighted by atomic mass is 32.2. The molecule has 0 bridgehead atoms. The number of nitrogens with zero attached hydrogens (tertiary/aromatic N) is 3. The molecule has 164 valence electrons. The van der Waals surface area contributed by atoms with Gasteiger partial charge in [0, 0.05) is 23.2 Å². The lowest BCUT2D eigenvalue weighted by Gasteiger charge is -2.30. The summed E-state index contributed by atoms with van der Waals surface area (Å²) in [5.41, 5.74) is 1.76. The number of pyridine rings is 1. The lowest BCUT2D eigenvalue weighted by molar-refractivity contribution is 0.134. The van der Waals surface area contributed by atoms with E-state index in [0.717, 1.165) is 49.8 Å². The third-order valence-corrected chi connectivity index (χ3v) is 8.70. The molecule has 2 fully saturated rings. The molecular formula is C22H32N4O3S. The van der Waals surface area contributed by atoms with Crippen LogP contribution in [0.1, 0.15) is 76.7 Å². The van der Waals surface area contributed by atoms with Gasteiger partial charge in [0.1, 0.15) is 5.75 Å². The first-order chi connectivity index (χ1) is 14.4. The van der Waals surface area contributed by atoms with E-state index in [1.807, 2.05) is 18.3 Å². The fourth-order valence-corrected chi connectivity index (χ4v) is 5.57. The van der Waals surface area contributed by atoms with E-state index in [-0.39, 0.29) is 16.6 Å². The molecule has 0 aromatic carbocycles. The number of nitrogens with one attached hydrogen (secondary N) is 1. The lowest BCUT2D eigenvalue weighted by atomic mass is 9.80. The van der Waals surface area contributed by atoms with Crippen LogP contribution in [0.2, 0.25) is 0 Å². The monoisotopic (exact) mass is 432 g/mol. The number of anilines is 1. The van der Waals surface area contributed by atoms with Crippen LogP contribution < -0.4 is 9.46 Å². The van der Waals surface area contributed by atoms with E-state index < -0.39 is 10.0 Å². The number of hydrogen-bond acceptors (Lipinski definition) is 5. The number of rotatable bonds is 11. The van der Waals surface area contributed by atoms with Gasteiger partial charge in [-0.25, -0.2) is 8.42 Å². The van der Waals surface area contributed by atoms with Crippen molar-refractivity contribution in [3.05, 3.63) is 30.5 Å². The summed E-state index contributed by atoms with van der Waals surface area (Å²) in [6.07, 6.45) is 11.5. The Bertz CT molecular complexity index is 1020. The minimum Gasteiger partial charge on any atom is -0.493 e. The van der Waals surface area contributed by atoms with Crippen LogP contribution in [0.3, 0.4) is 0 Å². The van der Waals surface area contributed by atoms with Crippen molar-refractivity contribution in [2.75, 3.05) is 11.3 Å². The van der Waals surface area contributed by atoms with Crippen LogP contribution in [0.25, 0.3) is 5.65 Å². The van der Waals surface area contributed by atoms with Gasteiger partial charge in [0.2, 0.25) is 16.0 Å². The Hall–Kier alpha value is -2.09. The molecule has 2 saturated carbocycles. The van der Waals surface area contributed by atoms with Crippen LogP contribution in [0, 0.1) is 5.41 Å². The van der Waals surface area contributed by atoms with Crippen molar-refractivity contribution in [1.82, 2.24) is 14.6 Å². The minimum atomic E-state index is -3.42. The van der Waals surface area contributed by atoms with Crippen molar-refractivity contribution in [1.29, 1.82) is 0 Å². The Labute approximate surface area is 179 Å². The first-order valence-corrected chi connectivity index (χ1v) is 12.6. The zero-order chi connectivity index (χ0) is 21.4. The third-order valence-electron chi connectivity index (χ3n) is 6.89. The summed E-state index contributed by atoms with van der Waals surface area (Å²) in [4.78, 5) is 0. The molecule has 2 aromatic heterocycles. The van der Waals surface area contributed by atoms with E-state index in [4.69, 9.17) is 4.74 Å². The van der Waals surface area contributed by atoms with Crippen molar-refractivity contribution in [2.45, 2.75) is 76.4 Å². The summed E-state index contributed by atoms with van der Waals surface area (Å²) in [5.74, 6) is 1.54. The fourth-order valence-electron chi connectivity index (χ4n) is 4.06. The number of fused-ring (bicyclic) bond motifs is 1. The van der Waals surface area contributed by atoms with Gasteiger partial charge in [0.25, 0.3) is 0 Å². The largest absolute Gasteiger partial charge is 0.493 e. The minimum absolute atomic E-state index is 0.0753. The van der Waals surface area contributed by atoms with Gasteiger partial charge in [-0.15, -0.1) is 16.8 Å². The summed E-state index contributed by atoms with van der Waals surface area (Å²) >= 11 is 0. The van der Waals surface area contributed by atoms with E-state index in [0.29, 0.717) is 31.0 Å². The van der Waals surface area contributed by atoms with Gasteiger partial charge >= 0.3 is 0 Å². The number of sulfonamides is 1. The van der Waals surface area contributed by atoms with E-state index in [9.17, 15) is 8.42 Å². The topological polar surface area (TPSA) is 85.6 Å². The van der Waals surface area contributed by atoms with Crippen LogP contribution in [0.15, 0.2) is 24.9 Å². The van der Waals surface area contributed by atoms with Gasteiger partial charge in [0.05, 0.1) is 11.9 Å². The van der Waals surface area contributed by atoms with Gasteiger partial charge in [-0.2, -0.15) is 0 Å². The molecule has 0 radical (unpaired) electrons. The van der Waals surface area contributed by atoms with Crippen molar-refractivity contribution < 1.29 is 13.2 Å². The quantitative estimate of drug-likeness (QED) is 0.522. The maximum Gasteiger partial charge on any atom is 0.242 e. The van der Waals surface area contributed by atoms with E-state index in [2.05, 4.69) is 35.3 Å². The van der Waals surface area contributed by atoms with Crippen LogP contribution in [-0.4, -0.2) is 34.9 Å². The maximum atomic E-state index is 12.5. The second-order valence-electron chi connectivity index (χ2n) is 8.81. The molecule has 7 nitrogen and oxygen atoms in total. The van der Waals surface area contributed by atoms with Crippen LogP contribution in [0.5, 0.6) is 5.75 Å². The molecule has 30 heavy (non-hydrogen) atoms. The molecule has 8 heteroatoms. The number of allylic oxidation sites excluding steroid dienone is 1. The average molecular weight is 433 g/mol. The van der Waals surface area contributed by atoms with Gasteiger partial charge in [-0.05, 0) is 50.9 Å². The van der Waals surface area contributed by atoms with E-state index in [1.54, 1.807) is 4.40 Å². The second-order valence-corrected chi connectivity index (χ2v) is 10.8. The molecular weight excluding hydrogens is 400 g/mol. The lowest BCUT2D eigenvalue weighted by Crippen LogP contribution is -2.33. The van der Waals surface area contributed by atoms with Crippen LogP contribution in [0.4, 0.5) is 5.95 Å². The molecule has 0 saturated heterocycles. The molecule has 4 rings (SSSR count). The Balaban J connectivity index is 1.62. The van der Waals surface area contributed by atoms with Crippen LogP contribution >= 0.6 is 0 Å². The third kappa shape index (κ3) is 4.06. The Morgan fingerprint density at radius 3 is 2.57 bits per heavy atom. The van der Waals surface area contributed by atoms with Crippen molar-refractivity contribution >= 4 is 21.6 Å². The molecule has 0 unspecified atom stereocenters. The van der Waals surface area contributed by atoms with Gasteiger partial charge in [0.15, 0.2) is 5.65 Å². The molecule has 0 spiro atoms. The first-order valence-electron chi connectivity index (χ1n) is 11.1. The molecule has 2 heterocycles. The average Bonchev–Trinajstić information content (AvgIpc) is 3.45. The Morgan fingerprint density at radius 2 is 2.00 bits per heavy atom. The molecule has 0 amide bonds.